The van der Waals surface area contributed by atoms with Crippen LogP contribution in [0.25, 0.3) is 0 Å². The lowest BCUT2D eigenvalue weighted by atomic mass is 10.2. The molecule has 7 heteroatoms. The highest BCUT2D eigenvalue weighted by Gasteiger charge is 2.19. The van der Waals surface area contributed by atoms with Crippen molar-refractivity contribution in [1.29, 1.82) is 5.26 Å². The number of aromatic nitrogens is 2. The number of carbonyl (C=O) groups is 1. The van der Waals surface area contributed by atoms with E-state index < -0.39 is 5.97 Å². The fourth-order valence-electron chi connectivity index (χ4n) is 1.74. The van der Waals surface area contributed by atoms with Crippen LogP contribution in [0.2, 0.25) is 0 Å². The van der Waals surface area contributed by atoms with Gasteiger partial charge in [0.2, 0.25) is 5.88 Å². The first-order valence-corrected chi connectivity index (χ1v) is 6.32. The predicted octanol–water partition coefficient (Wildman–Crippen LogP) is 2.48. The number of nitrogens with one attached hydrogen (secondary N) is 1. The quantitative estimate of drug-likeness (QED) is 0.861. The van der Waals surface area contributed by atoms with Gasteiger partial charge < -0.3 is 14.5 Å². The fraction of sp³-hybridized carbons (Fsp3) is 0.286. The second-order valence-corrected chi connectivity index (χ2v) is 4.23. The van der Waals surface area contributed by atoms with Gasteiger partial charge in [0.15, 0.2) is 5.82 Å². The molecule has 2 aromatic heterocycles. The van der Waals surface area contributed by atoms with Gasteiger partial charge in [-0.2, -0.15) is 5.26 Å². The third-order valence-corrected chi connectivity index (χ3v) is 2.94. The lowest BCUT2D eigenvalue weighted by Gasteiger charge is -2.07. The Morgan fingerprint density at radius 3 is 2.95 bits per heavy atom. The SMILES string of the molecule is CCOC(=O)c1cncnc1Nc1oc(C)c(C)c1C#N. The van der Waals surface area contributed by atoms with Gasteiger partial charge in [-0.25, -0.2) is 14.8 Å². The van der Waals surface area contributed by atoms with Crippen LogP contribution >= 0.6 is 0 Å². The molecule has 0 amide bonds. The van der Waals surface area contributed by atoms with Crippen molar-refractivity contribution >= 4 is 17.7 Å². The smallest absolute Gasteiger partial charge is 0.343 e. The zero-order valence-electron chi connectivity index (χ0n) is 11.9. The number of furan rings is 1. The summed E-state index contributed by atoms with van der Waals surface area (Å²) in [5.74, 6) is 0.561. The normalized spacial score (nSPS) is 10.0. The molecule has 0 spiro atoms. The number of carbonyl (C=O) groups excluding carboxylic acids is 1. The summed E-state index contributed by atoms with van der Waals surface area (Å²) in [5, 5.41) is 12.0. The largest absolute Gasteiger partial charge is 0.462 e. The Labute approximate surface area is 121 Å². The number of aryl methyl sites for hydroxylation is 1. The Balaban J connectivity index is 2.39. The van der Waals surface area contributed by atoms with Crippen LogP contribution in [0.5, 0.6) is 0 Å². The van der Waals surface area contributed by atoms with Crippen molar-refractivity contribution in [2.75, 3.05) is 11.9 Å². The first kappa shape index (κ1) is 14.5. The molecule has 2 heterocycles. The fourth-order valence-corrected chi connectivity index (χ4v) is 1.74. The minimum atomic E-state index is -0.542. The molecule has 108 valence electrons. The van der Waals surface area contributed by atoms with E-state index in [2.05, 4.69) is 21.4 Å². The topological polar surface area (TPSA) is 101 Å². The molecule has 0 saturated carbocycles. The summed E-state index contributed by atoms with van der Waals surface area (Å²) in [6, 6.07) is 2.06. The van der Waals surface area contributed by atoms with E-state index >= 15 is 0 Å². The highest BCUT2D eigenvalue weighted by molar-refractivity contribution is 5.95. The summed E-state index contributed by atoms with van der Waals surface area (Å²) >= 11 is 0. The van der Waals surface area contributed by atoms with Crippen molar-refractivity contribution in [2.45, 2.75) is 20.8 Å². The molecular formula is C14H14N4O3. The Morgan fingerprint density at radius 2 is 2.29 bits per heavy atom. The average molecular weight is 286 g/mol. The van der Waals surface area contributed by atoms with Gasteiger partial charge in [0.25, 0.3) is 0 Å². The molecule has 0 aliphatic heterocycles. The van der Waals surface area contributed by atoms with Crippen LogP contribution in [0.3, 0.4) is 0 Å². The third kappa shape index (κ3) is 2.84. The second kappa shape index (κ2) is 6.05. The summed E-state index contributed by atoms with van der Waals surface area (Å²) in [6.07, 6.45) is 2.64. The summed E-state index contributed by atoms with van der Waals surface area (Å²) in [4.78, 5) is 19.7. The van der Waals surface area contributed by atoms with Gasteiger partial charge in [0.1, 0.15) is 29.3 Å². The number of nitrogens with zero attached hydrogens (tertiary/aromatic N) is 3. The molecule has 0 radical (unpaired) electrons. The Kier molecular flexibility index (Phi) is 4.18. The van der Waals surface area contributed by atoms with Crippen molar-refractivity contribution in [1.82, 2.24) is 9.97 Å². The number of ether oxygens (including phenoxy) is 1. The Bertz CT molecular complexity index is 715. The molecule has 0 fully saturated rings. The van der Waals surface area contributed by atoms with Crippen molar-refractivity contribution in [3.63, 3.8) is 0 Å². The van der Waals surface area contributed by atoms with Crippen molar-refractivity contribution in [3.05, 3.63) is 35.0 Å². The molecular weight excluding hydrogens is 272 g/mol. The lowest BCUT2D eigenvalue weighted by Crippen LogP contribution is -2.10. The number of hydrogen-bond acceptors (Lipinski definition) is 7. The Hall–Kier alpha value is -2.88. The van der Waals surface area contributed by atoms with Crippen LogP contribution in [-0.2, 0) is 4.74 Å². The summed E-state index contributed by atoms with van der Waals surface area (Å²) in [6.45, 7) is 5.50. The average Bonchev–Trinajstić information content (AvgIpc) is 2.74. The maximum atomic E-state index is 11.8. The first-order chi connectivity index (χ1) is 10.1. The standard InChI is InChI=1S/C14H14N4O3/c1-4-20-14(19)11-6-16-7-17-12(11)18-13-10(5-15)8(2)9(3)21-13/h6-7H,4H2,1-3H3,(H,16,17,18). The van der Waals surface area contributed by atoms with E-state index in [0.717, 1.165) is 5.56 Å². The molecule has 0 aliphatic carbocycles. The molecule has 0 aromatic carbocycles. The Morgan fingerprint density at radius 1 is 1.52 bits per heavy atom. The zero-order valence-corrected chi connectivity index (χ0v) is 11.9. The molecule has 2 rings (SSSR count). The number of nitriles is 1. The van der Waals surface area contributed by atoms with Crippen LogP contribution in [0.15, 0.2) is 16.9 Å². The third-order valence-electron chi connectivity index (χ3n) is 2.94. The maximum absolute atomic E-state index is 11.8. The van der Waals surface area contributed by atoms with E-state index in [1.165, 1.54) is 12.5 Å². The zero-order chi connectivity index (χ0) is 15.4. The van der Waals surface area contributed by atoms with E-state index in [-0.39, 0.29) is 23.9 Å². The molecule has 0 bridgehead atoms. The monoisotopic (exact) mass is 286 g/mol. The lowest BCUT2D eigenvalue weighted by molar-refractivity contribution is 0.0526. The molecule has 0 saturated heterocycles. The van der Waals surface area contributed by atoms with Crippen molar-refractivity contribution < 1.29 is 13.9 Å². The van der Waals surface area contributed by atoms with Gasteiger partial charge in [-0.1, -0.05) is 0 Å². The molecule has 0 aliphatic rings. The number of esters is 1. The number of anilines is 2. The van der Waals surface area contributed by atoms with Gasteiger partial charge in [-0.05, 0) is 20.8 Å². The molecule has 0 unspecified atom stereocenters. The molecule has 21 heavy (non-hydrogen) atoms. The number of rotatable bonds is 4. The molecule has 7 nitrogen and oxygen atoms in total. The van der Waals surface area contributed by atoms with E-state index in [0.29, 0.717) is 11.3 Å². The van der Waals surface area contributed by atoms with E-state index in [1.807, 2.05) is 0 Å². The van der Waals surface area contributed by atoms with E-state index in [4.69, 9.17) is 9.15 Å². The molecule has 2 aromatic rings. The summed E-state index contributed by atoms with van der Waals surface area (Å²) < 4.78 is 10.4. The predicted molar refractivity (Wildman–Crippen MR) is 74.2 cm³/mol. The summed E-state index contributed by atoms with van der Waals surface area (Å²) in [5.41, 5.74) is 1.29. The highest BCUT2D eigenvalue weighted by atomic mass is 16.5. The highest BCUT2D eigenvalue weighted by Crippen LogP contribution is 2.28. The number of hydrogen-bond donors (Lipinski definition) is 1. The summed E-state index contributed by atoms with van der Waals surface area (Å²) in [7, 11) is 0. The first-order valence-electron chi connectivity index (χ1n) is 6.32. The van der Waals surface area contributed by atoms with Crippen LogP contribution < -0.4 is 5.32 Å². The van der Waals surface area contributed by atoms with Gasteiger partial charge in [-0.3, -0.25) is 0 Å². The van der Waals surface area contributed by atoms with Crippen molar-refractivity contribution in [2.24, 2.45) is 0 Å². The van der Waals surface area contributed by atoms with Gasteiger partial charge in [0, 0.05) is 11.8 Å². The van der Waals surface area contributed by atoms with Crippen molar-refractivity contribution in [3.8, 4) is 6.07 Å². The maximum Gasteiger partial charge on any atom is 0.343 e. The van der Waals surface area contributed by atoms with Gasteiger partial charge in [-0.15, -0.1) is 0 Å². The van der Waals surface area contributed by atoms with Crippen LogP contribution in [-0.4, -0.2) is 22.5 Å². The minimum absolute atomic E-state index is 0.176. The van der Waals surface area contributed by atoms with Crippen LogP contribution in [0.1, 0.15) is 34.2 Å². The second-order valence-electron chi connectivity index (χ2n) is 4.23. The van der Waals surface area contributed by atoms with E-state index in [1.54, 1.807) is 20.8 Å². The molecule has 0 atom stereocenters. The molecule has 1 N–H and O–H groups in total. The van der Waals surface area contributed by atoms with Gasteiger partial charge >= 0.3 is 5.97 Å². The van der Waals surface area contributed by atoms with Gasteiger partial charge in [0.05, 0.1) is 6.61 Å². The minimum Gasteiger partial charge on any atom is -0.462 e. The van der Waals surface area contributed by atoms with E-state index in [9.17, 15) is 10.1 Å². The van der Waals surface area contributed by atoms with Crippen LogP contribution in [0.4, 0.5) is 11.7 Å². The van der Waals surface area contributed by atoms with Crippen LogP contribution in [0, 0.1) is 25.2 Å².